The quantitative estimate of drug-likeness (QED) is 0.607. The van der Waals surface area contributed by atoms with Gasteiger partial charge in [-0.15, -0.1) is 0 Å². The Morgan fingerprint density at radius 3 is 2.53 bits per heavy atom. The van der Waals surface area contributed by atoms with Crippen molar-refractivity contribution < 1.29 is 14.6 Å². The fourth-order valence-electron chi connectivity index (χ4n) is 1.37. The maximum atomic E-state index is 11.6. The van der Waals surface area contributed by atoms with Crippen LogP contribution in [0.15, 0.2) is 0 Å². The van der Waals surface area contributed by atoms with Gasteiger partial charge in [0.1, 0.15) is 18.2 Å². The monoisotopic (exact) mass is 212 g/mol. The summed E-state index contributed by atoms with van der Waals surface area (Å²) in [6.07, 6.45) is -1.22. The number of β-amino-alcohol motifs (C(OH)–C–C–N with tert-alkyl or cyclic N) is 1. The van der Waals surface area contributed by atoms with Gasteiger partial charge in [-0.05, 0) is 20.8 Å². The Bertz CT molecular complexity index is 290. The van der Waals surface area contributed by atoms with E-state index in [-0.39, 0.29) is 13.1 Å². The van der Waals surface area contributed by atoms with Crippen molar-refractivity contribution in [3.8, 4) is 0 Å². The fourth-order valence-corrected chi connectivity index (χ4v) is 1.37. The molecular formula is C10H16N2O3. The Kier molecular flexibility index (Phi) is 3.20. The van der Waals surface area contributed by atoms with Crippen LogP contribution in [0.3, 0.4) is 0 Å². The minimum Gasteiger partial charge on any atom is -0.444 e. The number of ether oxygens (including phenoxy) is 1. The second-order valence-corrected chi connectivity index (χ2v) is 4.65. The summed E-state index contributed by atoms with van der Waals surface area (Å²) in [5, 5.41) is 9.44. The zero-order chi connectivity index (χ0) is 11.6. The molecule has 0 bridgehead atoms. The first-order valence-corrected chi connectivity index (χ1v) is 4.86. The molecule has 0 aromatic rings. The van der Waals surface area contributed by atoms with Crippen molar-refractivity contribution in [2.75, 3.05) is 13.1 Å². The molecule has 15 heavy (non-hydrogen) atoms. The molecule has 1 saturated heterocycles. The van der Waals surface area contributed by atoms with E-state index < -0.39 is 23.8 Å². The molecule has 1 aliphatic rings. The van der Waals surface area contributed by atoms with E-state index in [1.54, 1.807) is 20.8 Å². The van der Waals surface area contributed by atoms with Crippen LogP contribution >= 0.6 is 0 Å². The third kappa shape index (κ3) is 3.10. The van der Waals surface area contributed by atoms with Gasteiger partial charge in [0, 0.05) is 0 Å². The Morgan fingerprint density at radius 2 is 2.13 bits per heavy atom. The van der Waals surface area contributed by atoms with Crippen LogP contribution in [0.2, 0.25) is 0 Å². The highest BCUT2D eigenvalue weighted by atomic mass is 16.6. The molecule has 0 aliphatic carbocycles. The van der Waals surface area contributed by atoms with E-state index in [0.29, 0.717) is 0 Å². The number of aliphatic hydroxyl groups is 1. The second-order valence-electron chi connectivity index (χ2n) is 4.65. The predicted octanol–water partition coefficient (Wildman–Crippen LogP) is 0.886. The molecule has 1 amide bonds. The van der Waals surface area contributed by atoms with Gasteiger partial charge < -0.3 is 14.7 Å². The molecule has 84 valence electrons. The summed E-state index contributed by atoms with van der Waals surface area (Å²) in [6, 6.07) is -0.516. The Labute approximate surface area is 89.4 Å². The van der Waals surface area contributed by atoms with Gasteiger partial charge in [0.15, 0.2) is 0 Å². The summed E-state index contributed by atoms with van der Waals surface area (Å²) < 4.78 is 5.14. The number of hydrogen-bond donors (Lipinski definition) is 1. The third-order valence-electron chi connectivity index (χ3n) is 2.08. The predicted molar refractivity (Wildman–Crippen MR) is 54.2 cm³/mol. The first-order valence-electron chi connectivity index (χ1n) is 4.86. The van der Waals surface area contributed by atoms with Crippen molar-refractivity contribution in [3.05, 3.63) is 11.4 Å². The summed E-state index contributed by atoms with van der Waals surface area (Å²) >= 11 is 0. The van der Waals surface area contributed by atoms with Crippen LogP contribution in [0.1, 0.15) is 20.8 Å². The average Bonchev–Trinajstić information content (AvgIpc) is 2.43. The van der Waals surface area contributed by atoms with E-state index in [9.17, 15) is 9.90 Å². The molecule has 0 saturated carbocycles. The maximum absolute atomic E-state index is 11.6. The van der Waals surface area contributed by atoms with Crippen LogP contribution < -0.4 is 0 Å². The van der Waals surface area contributed by atoms with Crippen LogP contribution in [0.25, 0.3) is 4.85 Å². The lowest BCUT2D eigenvalue weighted by molar-refractivity contribution is 0.0270. The van der Waals surface area contributed by atoms with Crippen LogP contribution in [0.4, 0.5) is 4.79 Å². The van der Waals surface area contributed by atoms with Crippen molar-refractivity contribution in [3.63, 3.8) is 0 Å². The third-order valence-corrected chi connectivity index (χ3v) is 2.08. The van der Waals surface area contributed by atoms with Crippen LogP contribution in [-0.2, 0) is 4.74 Å². The molecule has 0 radical (unpaired) electrons. The summed E-state index contributed by atoms with van der Waals surface area (Å²) in [5.74, 6) is 0. The summed E-state index contributed by atoms with van der Waals surface area (Å²) in [5.41, 5.74) is -0.543. The zero-order valence-corrected chi connectivity index (χ0v) is 9.23. The van der Waals surface area contributed by atoms with Crippen molar-refractivity contribution in [2.24, 2.45) is 0 Å². The summed E-state index contributed by atoms with van der Waals surface area (Å²) in [6.45, 7) is 12.6. The highest BCUT2D eigenvalue weighted by molar-refractivity contribution is 5.68. The summed E-state index contributed by atoms with van der Waals surface area (Å²) in [7, 11) is 0. The van der Waals surface area contributed by atoms with Gasteiger partial charge in [0.05, 0.1) is 6.54 Å². The molecule has 0 aromatic heterocycles. The normalized spacial score (nSPS) is 26.2. The van der Waals surface area contributed by atoms with E-state index in [2.05, 4.69) is 4.85 Å². The van der Waals surface area contributed by atoms with Gasteiger partial charge in [0.25, 0.3) is 6.04 Å². The molecular weight excluding hydrogens is 196 g/mol. The summed E-state index contributed by atoms with van der Waals surface area (Å²) in [4.78, 5) is 16.2. The largest absolute Gasteiger partial charge is 0.444 e. The zero-order valence-electron chi connectivity index (χ0n) is 9.23. The van der Waals surface area contributed by atoms with Gasteiger partial charge in [-0.3, -0.25) is 4.90 Å². The molecule has 1 fully saturated rings. The van der Waals surface area contributed by atoms with Crippen molar-refractivity contribution in [1.29, 1.82) is 0 Å². The molecule has 1 rings (SSSR count). The minimum absolute atomic E-state index is 0.183. The Balaban J connectivity index is 2.54. The first kappa shape index (κ1) is 11.8. The molecule has 1 aliphatic heterocycles. The fraction of sp³-hybridized carbons (Fsp3) is 0.800. The SMILES string of the molecule is [C-]#[N+][C@H]1CN(C(=O)OC(C)(C)C)C[C@@H]1O. The number of hydrogen-bond acceptors (Lipinski definition) is 3. The number of nitrogens with zero attached hydrogens (tertiary/aromatic N) is 2. The first-order chi connectivity index (χ1) is 6.83. The number of aliphatic hydroxyl groups excluding tert-OH is 1. The smallest absolute Gasteiger partial charge is 0.410 e. The van der Waals surface area contributed by atoms with Crippen molar-refractivity contribution >= 4 is 6.09 Å². The lowest BCUT2D eigenvalue weighted by Crippen LogP contribution is -2.35. The van der Waals surface area contributed by atoms with E-state index in [0.717, 1.165) is 0 Å². The van der Waals surface area contributed by atoms with Gasteiger partial charge in [-0.1, -0.05) is 0 Å². The number of amides is 1. The minimum atomic E-state index is -0.755. The van der Waals surface area contributed by atoms with Gasteiger partial charge in [0.2, 0.25) is 0 Å². The lowest BCUT2D eigenvalue weighted by Gasteiger charge is -2.23. The second kappa shape index (κ2) is 4.07. The van der Waals surface area contributed by atoms with Gasteiger partial charge >= 0.3 is 6.09 Å². The van der Waals surface area contributed by atoms with Gasteiger partial charge in [-0.2, -0.15) is 0 Å². The molecule has 0 aromatic carbocycles. The highest BCUT2D eigenvalue weighted by Gasteiger charge is 2.39. The molecule has 2 atom stereocenters. The molecule has 1 N–H and O–H groups in total. The number of likely N-dealkylation sites (tertiary alicyclic amines) is 1. The number of carbonyl (C=O) groups is 1. The number of rotatable bonds is 0. The molecule has 5 heteroatoms. The molecule has 0 spiro atoms. The van der Waals surface area contributed by atoms with E-state index >= 15 is 0 Å². The van der Waals surface area contributed by atoms with Crippen LogP contribution in [-0.4, -0.2) is 46.9 Å². The van der Waals surface area contributed by atoms with Crippen LogP contribution in [0.5, 0.6) is 0 Å². The lowest BCUT2D eigenvalue weighted by atomic mass is 10.2. The van der Waals surface area contributed by atoms with E-state index in [1.165, 1.54) is 4.90 Å². The number of carbonyl (C=O) groups excluding carboxylic acids is 1. The van der Waals surface area contributed by atoms with Crippen molar-refractivity contribution in [2.45, 2.75) is 38.5 Å². The average molecular weight is 212 g/mol. The topological polar surface area (TPSA) is 54.1 Å². The molecule has 1 heterocycles. The Morgan fingerprint density at radius 1 is 1.53 bits per heavy atom. The highest BCUT2D eigenvalue weighted by Crippen LogP contribution is 2.17. The van der Waals surface area contributed by atoms with E-state index in [4.69, 9.17) is 11.3 Å². The van der Waals surface area contributed by atoms with Crippen LogP contribution in [0, 0.1) is 6.57 Å². The maximum Gasteiger partial charge on any atom is 0.410 e. The molecule has 5 nitrogen and oxygen atoms in total. The van der Waals surface area contributed by atoms with E-state index in [1.807, 2.05) is 0 Å². The molecule has 0 unspecified atom stereocenters. The van der Waals surface area contributed by atoms with Gasteiger partial charge in [-0.25, -0.2) is 11.4 Å². The Hall–Kier alpha value is -1.28. The van der Waals surface area contributed by atoms with Crippen molar-refractivity contribution in [1.82, 2.24) is 4.90 Å². The standard InChI is InChI=1S/C10H16N2O3/c1-10(2,3)15-9(14)12-5-7(11-4)8(13)6-12/h7-8,13H,5-6H2,1-3H3/t7-,8-/m0/s1.